The fourth-order valence-corrected chi connectivity index (χ4v) is 4.69. The Morgan fingerprint density at radius 1 is 1.29 bits per heavy atom. The molecule has 0 N–H and O–H groups in total. The van der Waals surface area contributed by atoms with E-state index < -0.39 is 0 Å². The smallest absolute Gasteiger partial charge is 0.0731 e. The molecule has 2 aliphatic heterocycles. The second-order valence-corrected chi connectivity index (χ2v) is 8.19. The fourth-order valence-electron chi connectivity index (χ4n) is 4.69. The molecule has 2 atom stereocenters. The van der Waals surface area contributed by atoms with Crippen LogP contribution in [0.4, 0.5) is 0 Å². The summed E-state index contributed by atoms with van der Waals surface area (Å²) in [5.41, 5.74) is 1.65. The summed E-state index contributed by atoms with van der Waals surface area (Å²) in [6.07, 6.45) is 8.01. The van der Waals surface area contributed by atoms with Gasteiger partial charge in [0.15, 0.2) is 0 Å². The van der Waals surface area contributed by atoms with Crippen LogP contribution in [-0.2, 0) is 11.3 Å². The number of ether oxygens (including phenoxy) is 1. The van der Waals surface area contributed by atoms with E-state index in [0.29, 0.717) is 17.9 Å². The largest absolute Gasteiger partial charge is 0.376 e. The van der Waals surface area contributed by atoms with E-state index in [1.807, 2.05) is 18.5 Å². The topological polar surface area (TPSA) is 28.6 Å². The average molecular weight is 329 g/mol. The van der Waals surface area contributed by atoms with Gasteiger partial charge in [0, 0.05) is 49.9 Å². The number of hydrogen-bond acceptors (Lipinski definition) is 4. The Bertz CT molecular complexity index is 533. The summed E-state index contributed by atoms with van der Waals surface area (Å²) < 4.78 is 6.13. The Hall–Kier alpha value is -0.970. The molecule has 3 fully saturated rings. The number of pyridine rings is 1. The molecule has 4 nitrogen and oxygen atoms in total. The Morgan fingerprint density at radius 3 is 2.92 bits per heavy atom. The van der Waals surface area contributed by atoms with Crippen LogP contribution in [-0.4, -0.2) is 60.7 Å². The maximum Gasteiger partial charge on any atom is 0.0731 e. The van der Waals surface area contributed by atoms with Crippen molar-refractivity contribution in [1.82, 2.24) is 14.8 Å². The maximum atomic E-state index is 6.13. The molecule has 1 aliphatic carbocycles. The van der Waals surface area contributed by atoms with Crippen LogP contribution in [0.3, 0.4) is 0 Å². The number of rotatable bonds is 7. The van der Waals surface area contributed by atoms with Crippen molar-refractivity contribution < 1.29 is 4.74 Å². The van der Waals surface area contributed by atoms with Gasteiger partial charge in [-0.2, -0.15) is 0 Å². The van der Waals surface area contributed by atoms with Gasteiger partial charge in [-0.25, -0.2) is 0 Å². The summed E-state index contributed by atoms with van der Waals surface area (Å²) in [4.78, 5) is 9.56. The number of nitrogens with zero attached hydrogens (tertiary/aromatic N) is 3. The van der Waals surface area contributed by atoms with Crippen molar-refractivity contribution in [1.29, 1.82) is 0 Å². The van der Waals surface area contributed by atoms with Gasteiger partial charge in [0.25, 0.3) is 0 Å². The Labute approximate surface area is 146 Å². The van der Waals surface area contributed by atoms with Gasteiger partial charge in [-0.3, -0.25) is 4.98 Å². The minimum absolute atomic E-state index is 0.472. The third-order valence-electron chi connectivity index (χ3n) is 6.32. The van der Waals surface area contributed by atoms with E-state index in [1.165, 1.54) is 64.1 Å². The first-order chi connectivity index (χ1) is 11.8. The minimum atomic E-state index is 0.472. The highest BCUT2D eigenvalue weighted by atomic mass is 16.5. The molecule has 2 saturated heterocycles. The molecule has 4 heteroatoms. The quantitative estimate of drug-likeness (QED) is 0.769. The van der Waals surface area contributed by atoms with Gasteiger partial charge in [-0.1, -0.05) is 13.0 Å². The predicted octanol–water partition coefficient (Wildman–Crippen LogP) is 2.65. The number of likely N-dealkylation sites (tertiary alicyclic amines) is 2. The van der Waals surface area contributed by atoms with Crippen LogP contribution in [0.5, 0.6) is 0 Å². The molecule has 0 bridgehead atoms. The molecule has 24 heavy (non-hydrogen) atoms. The molecule has 3 heterocycles. The van der Waals surface area contributed by atoms with Crippen LogP contribution in [0.25, 0.3) is 0 Å². The van der Waals surface area contributed by atoms with E-state index in [2.05, 4.69) is 27.8 Å². The summed E-state index contributed by atoms with van der Waals surface area (Å²) in [6, 6.07) is 4.09. The molecule has 1 aromatic rings. The van der Waals surface area contributed by atoms with Crippen molar-refractivity contribution >= 4 is 0 Å². The van der Waals surface area contributed by atoms with Crippen LogP contribution in [0.15, 0.2) is 24.5 Å². The highest BCUT2D eigenvalue weighted by Crippen LogP contribution is 2.45. The Kier molecular flexibility index (Phi) is 4.88. The van der Waals surface area contributed by atoms with Crippen molar-refractivity contribution in [3.05, 3.63) is 30.1 Å². The molecular formula is C20H31N3O. The lowest BCUT2D eigenvalue weighted by Crippen LogP contribution is -2.36. The van der Waals surface area contributed by atoms with Crippen molar-refractivity contribution in [3.8, 4) is 0 Å². The molecule has 1 saturated carbocycles. The van der Waals surface area contributed by atoms with E-state index in [0.717, 1.165) is 12.5 Å². The van der Waals surface area contributed by atoms with Gasteiger partial charge < -0.3 is 14.5 Å². The van der Waals surface area contributed by atoms with E-state index >= 15 is 0 Å². The van der Waals surface area contributed by atoms with Crippen molar-refractivity contribution in [2.75, 3.05) is 45.9 Å². The summed E-state index contributed by atoms with van der Waals surface area (Å²) in [6.45, 7) is 11.5. The average Bonchev–Trinajstić information content (AvgIpc) is 3.23. The zero-order valence-electron chi connectivity index (χ0n) is 15.0. The molecule has 1 spiro atoms. The summed E-state index contributed by atoms with van der Waals surface area (Å²) in [5.74, 6) is 1.68. The molecule has 1 aromatic heterocycles. The van der Waals surface area contributed by atoms with Gasteiger partial charge in [0.1, 0.15) is 0 Å². The normalized spacial score (nSPS) is 31.3. The monoisotopic (exact) mass is 329 g/mol. The number of hydrogen-bond donors (Lipinski definition) is 0. The molecule has 3 aliphatic rings. The Balaban J connectivity index is 1.34. The van der Waals surface area contributed by atoms with E-state index in [4.69, 9.17) is 4.74 Å². The molecule has 0 amide bonds. The lowest BCUT2D eigenvalue weighted by molar-refractivity contribution is 0.0516. The van der Waals surface area contributed by atoms with Crippen molar-refractivity contribution in [2.45, 2.75) is 32.8 Å². The lowest BCUT2D eigenvalue weighted by atomic mass is 9.77. The summed E-state index contributed by atoms with van der Waals surface area (Å²) >= 11 is 0. The number of aromatic nitrogens is 1. The summed E-state index contributed by atoms with van der Waals surface area (Å²) in [7, 11) is 0. The van der Waals surface area contributed by atoms with E-state index in [-0.39, 0.29) is 0 Å². The van der Waals surface area contributed by atoms with E-state index in [1.54, 1.807) is 0 Å². The standard InChI is InChI=1S/C20H31N3O/c1-2-22-12-19(14-24-13-18-4-3-8-21-10-18)20(15-22)7-9-23(16-20)11-17-5-6-17/h3-4,8,10,17,19H,2,5-7,9,11-16H2,1H3/t19-,20-/m1/s1. The van der Waals surface area contributed by atoms with Gasteiger partial charge in [-0.15, -0.1) is 0 Å². The molecule has 0 unspecified atom stereocenters. The second kappa shape index (κ2) is 7.11. The highest BCUT2D eigenvalue weighted by Gasteiger charge is 2.50. The van der Waals surface area contributed by atoms with Crippen LogP contribution in [0.2, 0.25) is 0 Å². The van der Waals surface area contributed by atoms with Crippen LogP contribution >= 0.6 is 0 Å². The zero-order valence-corrected chi connectivity index (χ0v) is 15.0. The maximum absolute atomic E-state index is 6.13. The van der Waals surface area contributed by atoms with Gasteiger partial charge in [-0.05, 0) is 49.9 Å². The summed E-state index contributed by atoms with van der Waals surface area (Å²) in [5, 5.41) is 0. The highest BCUT2D eigenvalue weighted by molar-refractivity contribution is 5.07. The molecular weight excluding hydrogens is 298 g/mol. The zero-order chi connectivity index (χ0) is 16.4. The van der Waals surface area contributed by atoms with E-state index in [9.17, 15) is 0 Å². The molecule has 132 valence electrons. The van der Waals surface area contributed by atoms with Crippen LogP contribution < -0.4 is 0 Å². The van der Waals surface area contributed by atoms with Crippen molar-refractivity contribution in [3.63, 3.8) is 0 Å². The molecule has 0 aromatic carbocycles. The second-order valence-electron chi connectivity index (χ2n) is 8.19. The van der Waals surface area contributed by atoms with Gasteiger partial charge in [0.05, 0.1) is 13.2 Å². The Morgan fingerprint density at radius 2 is 2.17 bits per heavy atom. The van der Waals surface area contributed by atoms with Crippen molar-refractivity contribution in [2.24, 2.45) is 17.3 Å². The minimum Gasteiger partial charge on any atom is -0.376 e. The molecule has 0 radical (unpaired) electrons. The first kappa shape index (κ1) is 16.5. The van der Waals surface area contributed by atoms with Gasteiger partial charge >= 0.3 is 0 Å². The van der Waals surface area contributed by atoms with Crippen LogP contribution in [0, 0.1) is 17.3 Å². The first-order valence-corrected chi connectivity index (χ1v) is 9.69. The first-order valence-electron chi connectivity index (χ1n) is 9.69. The predicted molar refractivity (Wildman–Crippen MR) is 95.7 cm³/mol. The fraction of sp³-hybridized carbons (Fsp3) is 0.750. The third kappa shape index (κ3) is 3.66. The lowest BCUT2D eigenvalue weighted by Gasteiger charge is -2.30. The van der Waals surface area contributed by atoms with Crippen LogP contribution in [0.1, 0.15) is 31.7 Å². The third-order valence-corrected chi connectivity index (χ3v) is 6.32. The van der Waals surface area contributed by atoms with Gasteiger partial charge in [0.2, 0.25) is 0 Å². The molecule has 4 rings (SSSR count). The SMILES string of the molecule is CCN1C[C@H](COCc2cccnc2)[C@]2(CCN(CC3CC3)C2)C1.